The average Bonchev–Trinajstić information content (AvgIpc) is 3.14. The van der Waals surface area contributed by atoms with Crippen LogP contribution in [-0.2, 0) is 6.73 Å². The van der Waals surface area contributed by atoms with E-state index < -0.39 is 0 Å². The van der Waals surface area contributed by atoms with Gasteiger partial charge in [0, 0.05) is 23.8 Å². The average molecular weight is 400 g/mol. The number of aromatic nitrogens is 2. The summed E-state index contributed by atoms with van der Waals surface area (Å²) in [7, 11) is 1.98. The first-order valence-electron chi connectivity index (χ1n) is 10.2. The highest BCUT2D eigenvalue weighted by Gasteiger charge is 2.53. The highest BCUT2D eigenvalue weighted by Crippen LogP contribution is 2.57. The largest absolute Gasteiger partial charge is 0.471 e. The molecule has 1 aromatic carbocycles. The molecule has 6 rings (SSSR count). The van der Waals surface area contributed by atoms with Crippen LogP contribution in [0.2, 0.25) is 5.02 Å². The van der Waals surface area contributed by atoms with E-state index in [-0.39, 0.29) is 18.2 Å². The zero-order chi connectivity index (χ0) is 19.3. The molecule has 0 saturated heterocycles. The molecule has 0 aliphatic heterocycles. The summed E-state index contributed by atoms with van der Waals surface area (Å²) in [6, 6.07) is 9.01. The Balaban J connectivity index is 1.26. The quantitative estimate of drug-likeness (QED) is 0.737. The van der Waals surface area contributed by atoms with E-state index in [9.17, 15) is 4.79 Å². The van der Waals surface area contributed by atoms with Gasteiger partial charge in [-0.2, -0.15) is 5.10 Å². The lowest BCUT2D eigenvalue weighted by Crippen LogP contribution is -2.60. The molecule has 0 unspecified atom stereocenters. The molecular weight excluding hydrogens is 374 g/mol. The lowest BCUT2D eigenvalue weighted by molar-refractivity contribution is -0.0667. The highest BCUT2D eigenvalue weighted by molar-refractivity contribution is 6.30. The Hall–Kier alpha value is -2.01. The molecule has 4 aliphatic carbocycles. The van der Waals surface area contributed by atoms with Crippen LogP contribution in [0.15, 0.2) is 36.5 Å². The van der Waals surface area contributed by atoms with E-state index in [1.165, 1.54) is 38.5 Å². The fourth-order valence-electron chi connectivity index (χ4n) is 6.08. The van der Waals surface area contributed by atoms with Gasteiger partial charge in [0.05, 0.1) is 0 Å². The first-order valence-corrected chi connectivity index (χ1v) is 10.6. The summed E-state index contributed by atoms with van der Waals surface area (Å²) in [5.41, 5.74) is 0.549. The molecule has 1 aromatic heterocycles. The van der Waals surface area contributed by atoms with Crippen molar-refractivity contribution in [3.05, 3.63) is 47.2 Å². The third-order valence-corrected chi connectivity index (χ3v) is 7.31. The van der Waals surface area contributed by atoms with Gasteiger partial charge in [0.1, 0.15) is 5.75 Å². The SMILES string of the molecule is CN(C(=O)c1ccn(COc2ccc(Cl)cc2)n1)C12CC3CC(CC(C3)C1)C2. The Bertz CT molecular complexity index is 841. The van der Waals surface area contributed by atoms with Gasteiger partial charge < -0.3 is 9.64 Å². The second-order valence-corrected chi connectivity index (χ2v) is 9.41. The predicted octanol–water partition coefficient (Wildman–Crippen LogP) is 4.61. The maximum absolute atomic E-state index is 13.2. The zero-order valence-corrected chi connectivity index (χ0v) is 16.9. The van der Waals surface area contributed by atoms with Crippen LogP contribution < -0.4 is 4.74 Å². The third-order valence-electron chi connectivity index (χ3n) is 7.06. The number of hydrogen-bond acceptors (Lipinski definition) is 3. The molecule has 4 aliphatic rings. The molecule has 1 heterocycles. The van der Waals surface area contributed by atoms with Gasteiger partial charge in [-0.1, -0.05) is 11.6 Å². The van der Waals surface area contributed by atoms with Gasteiger partial charge in [0.2, 0.25) is 0 Å². The predicted molar refractivity (Wildman–Crippen MR) is 107 cm³/mol. The van der Waals surface area contributed by atoms with Crippen LogP contribution in [0, 0.1) is 17.8 Å². The fourth-order valence-corrected chi connectivity index (χ4v) is 6.21. The Morgan fingerprint density at radius 2 is 1.75 bits per heavy atom. The summed E-state index contributed by atoms with van der Waals surface area (Å²) in [4.78, 5) is 15.2. The number of carbonyl (C=O) groups is 1. The standard InChI is InChI=1S/C22H26ClN3O2/c1-25(22-11-15-8-16(12-22)10-17(9-15)13-22)21(27)20-6-7-26(24-20)14-28-19-4-2-18(23)3-5-19/h2-7,15-17H,8-14H2,1H3. The number of carbonyl (C=O) groups excluding carboxylic acids is 1. The Morgan fingerprint density at radius 1 is 1.14 bits per heavy atom. The molecule has 148 valence electrons. The number of nitrogens with zero attached hydrogens (tertiary/aromatic N) is 3. The minimum absolute atomic E-state index is 0.0344. The van der Waals surface area contributed by atoms with Crippen LogP contribution in [-0.4, -0.2) is 33.2 Å². The normalized spacial score (nSPS) is 30.4. The van der Waals surface area contributed by atoms with Crippen molar-refractivity contribution in [2.24, 2.45) is 17.8 Å². The lowest BCUT2D eigenvalue weighted by atomic mass is 9.52. The van der Waals surface area contributed by atoms with Gasteiger partial charge in [-0.05, 0) is 86.6 Å². The van der Waals surface area contributed by atoms with Crippen molar-refractivity contribution >= 4 is 17.5 Å². The van der Waals surface area contributed by atoms with Gasteiger partial charge in [0.25, 0.3) is 5.91 Å². The number of hydrogen-bond donors (Lipinski definition) is 0. The van der Waals surface area contributed by atoms with Crippen LogP contribution in [0.4, 0.5) is 0 Å². The van der Waals surface area contributed by atoms with E-state index in [0.29, 0.717) is 10.7 Å². The first kappa shape index (κ1) is 18.0. The van der Waals surface area contributed by atoms with Crippen LogP contribution in [0.5, 0.6) is 5.75 Å². The maximum Gasteiger partial charge on any atom is 0.274 e. The molecule has 4 fully saturated rings. The monoisotopic (exact) mass is 399 g/mol. The summed E-state index contributed by atoms with van der Waals surface area (Å²) in [6.07, 6.45) is 9.43. The Kier molecular flexibility index (Phi) is 4.38. The molecule has 1 amide bonds. The third kappa shape index (κ3) is 3.20. The van der Waals surface area contributed by atoms with Crippen molar-refractivity contribution in [2.45, 2.75) is 50.8 Å². The summed E-state index contributed by atoms with van der Waals surface area (Å²) in [6.45, 7) is 0.260. The topological polar surface area (TPSA) is 47.4 Å². The minimum atomic E-state index is 0.0344. The molecule has 5 nitrogen and oxygen atoms in total. The van der Waals surface area contributed by atoms with Crippen LogP contribution in [0.3, 0.4) is 0 Å². The molecule has 4 bridgehead atoms. The number of benzene rings is 1. The van der Waals surface area contributed by atoms with E-state index in [1.807, 2.05) is 24.1 Å². The van der Waals surface area contributed by atoms with Crippen LogP contribution in [0.1, 0.15) is 49.0 Å². The van der Waals surface area contributed by atoms with E-state index in [4.69, 9.17) is 16.3 Å². The van der Waals surface area contributed by atoms with Crippen molar-refractivity contribution in [2.75, 3.05) is 7.05 Å². The van der Waals surface area contributed by atoms with Crippen LogP contribution in [0.25, 0.3) is 0 Å². The number of amides is 1. The van der Waals surface area contributed by atoms with Gasteiger partial charge in [0.15, 0.2) is 12.4 Å². The van der Waals surface area contributed by atoms with Crippen molar-refractivity contribution < 1.29 is 9.53 Å². The molecule has 0 atom stereocenters. The molecule has 4 saturated carbocycles. The van der Waals surface area contributed by atoms with E-state index in [2.05, 4.69) is 5.10 Å². The number of ether oxygens (including phenoxy) is 1. The second-order valence-electron chi connectivity index (χ2n) is 8.97. The van der Waals surface area contributed by atoms with Crippen LogP contribution >= 0.6 is 11.6 Å². The van der Waals surface area contributed by atoms with Gasteiger partial charge >= 0.3 is 0 Å². The molecule has 0 spiro atoms. The number of halogens is 1. The summed E-state index contributed by atoms with van der Waals surface area (Å²) >= 11 is 5.89. The molecule has 0 radical (unpaired) electrons. The van der Waals surface area contributed by atoms with E-state index in [0.717, 1.165) is 23.5 Å². The summed E-state index contributed by atoms with van der Waals surface area (Å²) in [5.74, 6) is 3.19. The summed E-state index contributed by atoms with van der Waals surface area (Å²) < 4.78 is 7.38. The fraction of sp³-hybridized carbons (Fsp3) is 0.545. The minimum Gasteiger partial charge on any atom is -0.471 e. The zero-order valence-electron chi connectivity index (χ0n) is 16.2. The molecule has 6 heteroatoms. The van der Waals surface area contributed by atoms with Gasteiger partial charge in [-0.25, -0.2) is 4.68 Å². The van der Waals surface area contributed by atoms with E-state index in [1.54, 1.807) is 29.1 Å². The Labute approximate surface area is 170 Å². The highest BCUT2D eigenvalue weighted by atomic mass is 35.5. The maximum atomic E-state index is 13.2. The van der Waals surface area contributed by atoms with Crippen molar-refractivity contribution in [1.29, 1.82) is 0 Å². The smallest absolute Gasteiger partial charge is 0.274 e. The molecule has 0 N–H and O–H groups in total. The van der Waals surface area contributed by atoms with Gasteiger partial charge in [-0.15, -0.1) is 0 Å². The van der Waals surface area contributed by atoms with Gasteiger partial charge in [-0.3, -0.25) is 4.79 Å². The summed E-state index contributed by atoms with van der Waals surface area (Å²) in [5, 5.41) is 5.14. The van der Waals surface area contributed by atoms with Crippen molar-refractivity contribution in [1.82, 2.24) is 14.7 Å². The van der Waals surface area contributed by atoms with Crippen molar-refractivity contribution in [3.8, 4) is 5.75 Å². The molecular formula is C22H26ClN3O2. The number of rotatable bonds is 5. The van der Waals surface area contributed by atoms with Crippen molar-refractivity contribution in [3.63, 3.8) is 0 Å². The molecule has 2 aromatic rings. The second kappa shape index (κ2) is 6.80. The molecule has 28 heavy (non-hydrogen) atoms. The lowest BCUT2D eigenvalue weighted by Gasteiger charge is -2.59. The van der Waals surface area contributed by atoms with E-state index >= 15 is 0 Å². The first-order chi connectivity index (χ1) is 13.5. The Morgan fingerprint density at radius 3 is 2.36 bits per heavy atom.